The lowest BCUT2D eigenvalue weighted by Gasteiger charge is -2.42. The quantitative estimate of drug-likeness (QED) is 0.560. The summed E-state index contributed by atoms with van der Waals surface area (Å²) in [6.45, 7) is 8.11. The number of nitrogens with one attached hydrogen (secondary N) is 1. The summed E-state index contributed by atoms with van der Waals surface area (Å²) in [5, 5.41) is 3.21. The number of benzene rings is 2. The minimum Gasteiger partial charge on any atom is -0.446 e. The molecule has 7 nitrogen and oxygen atoms in total. The largest absolute Gasteiger partial charge is 0.446 e. The van der Waals surface area contributed by atoms with Gasteiger partial charge in [0.05, 0.1) is 12.1 Å². The van der Waals surface area contributed by atoms with Gasteiger partial charge in [-0.2, -0.15) is 0 Å². The van der Waals surface area contributed by atoms with Gasteiger partial charge in [-0.3, -0.25) is 4.90 Å². The van der Waals surface area contributed by atoms with Gasteiger partial charge in [0.25, 0.3) is 0 Å². The Balaban J connectivity index is 1.56. The first kappa shape index (κ1) is 26.0. The monoisotopic (exact) mass is 493 g/mol. The third-order valence-corrected chi connectivity index (χ3v) is 6.82. The van der Waals surface area contributed by atoms with Crippen LogP contribution in [0.1, 0.15) is 69.7 Å². The molecule has 194 valence electrons. The smallest absolute Gasteiger partial charge is 0.410 e. The molecule has 1 N–H and O–H groups in total. The first-order valence-corrected chi connectivity index (χ1v) is 13.1. The summed E-state index contributed by atoms with van der Waals surface area (Å²) < 4.78 is 11.4. The van der Waals surface area contributed by atoms with Crippen molar-refractivity contribution < 1.29 is 19.1 Å². The van der Waals surface area contributed by atoms with Crippen LogP contribution in [-0.4, -0.2) is 59.9 Å². The molecular formula is C29H39N3O4. The highest BCUT2D eigenvalue weighted by Gasteiger charge is 2.36. The molecule has 0 radical (unpaired) electrons. The van der Waals surface area contributed by atoms with Gasteiger partial charge >= 0.3 is 12.2 Å². The average molecular weight is 494 g/mol. The molecule has 2 aromatic carbocycles. The summed E-state index contributed by atoms with van der Waals surface area (Å²) in [5.41, 5.74) is 1.60. The van der Waals surface area contributed by atoms with Crippen LogP contribution >= 0.6 is 0 Å². The highest BCUT2D eigenvalue weighted by atomic mass is 16.6. The van der Waals surface area contributed by atoms with Crippen molar-refractivity contribution in [1.82, 2.24) is 15.1 Å². The molecule has 1 saturated heterocycles. The molecule has 2 amide bonds. The SMILES string of the molecule is CC(C)(C)OC(=O)N1CCN([C@@H](c2ccccc2)[C@H](NC(=O)OC2CCCC2)c2ccccc2)CC1. The van der Waals surface area contributed by atoms with Crippen molar-refractivity contribution >= 4 is 12.2 Å². The Kier molecular flexibility index (Phi) is 8.52. The van der Waals surface area contributed by atoms with Crippen molar-refractivity contribution in [3.8, 4) is 0 Å². The van der Waals surface area contributed by atoms with Crippen LogP contribution < -0.4 is 5.32 Å². The van der Waals surface area contributed by atoms with Gasteiger partial charge in [0.15, 0.2) is 0 Å². The minimum absolute atomic E-state index is 0.00558. The van der Waals surface area contributed by atoms with Gasteiger partial charge in [-0.1, -0.05) is 60.7 Å². The van der Waals surface area contributed by atoms with Crippen molar-refractivity contribution in [2.24, 2.45) is 0 Å². The van der Waals surface area contributed by atoms with Crippen LogP contribution in [0.4, 0.5) is 9.59 Å². The highest BCUT2D eigenvalue weighted by Crippen LogP contribution is 2.35. The topological polar surface area (TPSA) is 71.1 Å². The molecule has 2 aromatic rings. The summed E-state index contributed by atoms with van der Waals surface area (Å²) in [4.78, 5) is 29.8. The molecule has 2 fully saturated rings. The Morgan fingerprint density at radius 3 is 1.97 bits per heavy atom. The Morgan fingerprint density at radius 1 is 0.861 bits per heavy atom. The maximum Gasteiger partial charge on any atom is 0.410 e. The summed E-state index contributed by atoms with van der Waals surface area (Å²) in [6, 6.07) is 19.9. The fraction of sp³-hybridized carbons (Fsp3) is 0.517. The third kappa shape index (κ3) is 7.00. The van der Waals surface area contributed by atoms with Gasteiger partial charge in [0, 0.05) is 26.2 Å². The molecule has 2 aliphatic rings. The van der Waals surface area contributed by atoms with Crippen molar-refractivity contribution in [2.75, 3.05) is 26.2 Å². The van der Waals surface area contributed by atoms with E-state index >= 15 is 0 Å². The Labute approximate surface area is 214 Å². The van der Waals surface area contributed by atoms with E-state index in [4.69, 9.17) is 9.47 Å². The van der Waals surface area contributed by atoms with E-state index in [0.29, 0.717) is 26.2 Å². The second-order valence-corrected chi connectivity index (χ2v) is 10.7. The zero-order valence-corrected chi connectivity index (χ0v) is 21.7. The molecule has 0 spiro atoms. The number of ether oxygens (including phenoxy) is 2. The number of hydrogen-bond donors (Lipinski definition) is 1. The third-order valence-electron chi connectivity index (χ3n) is 6.82. The zero-order valence-electron chi connectivity index (χ0n) is 21.7. The number of rotatable bonds is 6. The molecule has 36 heavy (non-hydrogen) atoms. The average Bonchev–Trinajstić information content (AvgIpc) is 3.37. The molecule has 7 heteroatoms. The van der Waals surface area contributed by atoms with Gasteiger partial charge in [-0.15, -0.1) is 0 Å². The van der Waals surface area contributed by atoms with Gasteiger partial charge < -0.3 is 19.7 Å². The van der Waals surface area contributed by atoms with Crippen LogP contribution in [0.5, 0.6) is 0 Å². The number of hydrogen-bond acceptors (Lipinski definition) is 5. The summed E-state index contributed by atoms with van der Waals surface area (Å²) in [7, 11) is 0. The van der Waals surface area contributed by atoms with Crippen LogP contribution in [0.15, 0.2) is 60.7 Å². The number of carbonyl (C=O) groups excluding carboxylic acids is 2. The predicted molar refractivity (Wildman–Crippen MR) is 140 cm³/mol. The lowest BCUT2D eigenvalue weighted by molar-refractivity contribution is 0.00765. The Morgan fingerprint density at radius 2 is 1.42 bits per heavy atom. The van der Waals surface area contributed by atoms with E-state index in [-0.39, 0.29) is 30.4 Å². The molecule has 4 rings (SSSR count). The standard InChI is InChI=1S/C29H39N3O4/c1-29(2,3)36-28(34)32-20-18-31(19-21-32)26(23-14-8-5-9-15-23)25(22-12-6-4-7-13-22)30-27(33)35-24-16-10-11-17-24/h4-9,12-15,24-26H,10-11,16-21H2,1-3H3,(H,30,33)/t25-,26+/m1/s1. The minimum atomic E-state index is -0.525. The van der Waals surface area contributed by atoms with Crippen LogP contribution in [0.2, 0.25) is 0 Å². The van der Waals surface area contributed by atoms with Crippen molar-refractivity contribution in [3.05, 3.63) is 71.8 Å². The van der Waals surface area contributed by atoms with Crippen LogP contribution in [0.25, 0.3) is 0 Å². The second kappa shape index (κ2) is 11.8. The number of nitrogens with zero attached hydrogens (tertiary/aromatic N) is 2. The van der Waals surface area contributed by atoms with E-state index in [1.807, 2.05) is 69.3 Å². The maximum absolute atomic E-state index is 13.1. The fourth-order valence-electron chi connectivity index (χ4n) is 5.10. The lowest BCUT2D eigenvalue weighted by Crippen LogP contribution is -2.53. The second-order valence-electron chi connectivity index (χ2n) is 10.7. The molecular weight excluding hydrogens is 454 g/mol. The summed E-state index contributed by atoms with van der Waals surface area (Å²) in [6.07, 6.45) is 3.41. The van der Waals surface area contributed by atoms with E-state index in [2.05, 4.69) is 22.3 Å². The Hall–Kier alpha value is -3.06. The number of alkyl carbamates (subject to hydrolysis) is 1. The molecule has 1 aliphatic heterocycles. The van der Waals surface area contributed by atoms with Gasteiger partial charge in [0.1, 0.15) is 11.7 Å². The molecule has 2 atom stereocenters. The van der Waals surface area contributed by atoms with Gasteiger partial charge in [-0.25, -0.2) is 9.59 Å². The first-order chi connectivity index (χ1) is 17.3. The van der Waals surface area contributed by atoms with Crippen LogP contribution in [0.3, 0.4) is 0 Å². The molecule has 1 saturated carbocycles. The van der Waals surface area contributed by atoms with E-state index in [1.165, 1.54) is 0 Å². The Bertz CT molecular complexity index is 979. The number of carbonyl (C=O) groups is 2. The molecule has 0 bridgehead atoms. The lowest BCUT2D eigenvalue weighted by atomic mass is 9.91. The molecule has 0 aromatic heterocycles. The number of piperazine rings is 1. The predicted octanol–water partition coefficient (Wildman–Crippen LogP) is 5.69. The molecule has 1 aliphatic carbocycles. The van der Waals surface area contributed by atoms with E-state index in [9.17, 15) is 9.59 Å². The molecule has 0 unspecified atom stereocenters. The highest BCUT2D eigenvalue weighted by molar-refractivity contribution is 5.69. The fourth-order valence-corrected chi connectivity index (χ4v) is 5.10. The van der Waals surface area contributed by atoms with Crippen LogP contribution in [0, 0.1) is 0 Å². The zero-order chi connectivity index (χ0) is 25.5. The summed E-state index contributed by atoms with van der Waals surface area (Å²) >= 11 is 0. The first-order valence-electron chi connectivity index (χ1n) is 13.1. The van der Waals surface area contributed by atoms with Gasteiger partial charge in [-0.05, 0) is 57.6 Å². The van der Waals surface area contributed by atoms with Crippen LogP contribution in [-0.2, 0) is 9.47 Å². The van der Waals surface area contributed by atoms with E-state index in [1.54, 1.807) is 4.90 Å². The number of amides is 2. The van der Waals surface area contributed by atoms with Crippen molar-refractivity contribution in [2.45, 2.75) is 70.2 Å². The molecule has 1 heterocycles. The van der Waals surface area contributed by atoms with E-state index < -0.39 is 5.60 Å². The normalized spacial score (nSPS) is 18.9. The van der Waals surface area contributed by atoms with Gasteiger partial charge in [0.2, 0.25) is 0 Å². The maximum atomic E-state index is 13.1. The van der Waals surface area contributed by atoms with E-state index in [0.717, 1.165) is 36.8 Å². The van der Waals surface area contributed by atoms with Crippen molar-refractivity contribution in [3.63, 3.8) is 0 Å². The van der Waals surface area contributed by atoms with Crippen molar-refractivity contribution in [1.29, 1.82) is 0 Å². The summed E-state index contributed by atoms with van der Waals surface area (Å²) in [5.74, 6) is 0.